The summed E-state index contributed by atoms with van der Waals surface area (Å²) in [6, 6.07) is 0.363. The van der Waals surface area contributed by atoms with Crippen molar-refractivity contribution < 1.29 is 4.74 Å². The molecule has 72 valence electrons. The molecule has 4 nitrogen and oxygen atoms in total. The van der Waals surface area contributed by atoms with Gasteiger partial charge < -0.3 is 9.30 Å². The number of aromatic nitrogens is 3. The van der Waals surface area contributed by atoms with E-state index in [1.807, 2.05) is 0 Å². The van der Waals surface area contributed by atoms with Crippen molar-refractivity contribution in [2.24, 2.45) is 0 Å². The molecule has 0 aliphatic carbocycles. The van der Waals surface area contributed by atoms with Crippen molar-refractivity contribution in [1.82, 2.24) is 14.8 Å². The quantitative estimate of drug-likeness (QED) is 0.736. The molecule has 1 aliphatic heterocycles. The highest BCUT2D eigenvalue weighted by atomic mass is 32.1. The summed E-state index contributed by atoms with van der Waals surface area (Å²) in [6.07, 6.45) is 0. The van der Waals surface area contributed by atoms with Gasteiger partial charge in [-0.3, -0.25) is 5.10 Å². The van der Waals surface area contributed by atoms with Crippen LogP contribution in [0.2, 0.25) is 0 Å². The van der Waals surface area contributed by atoms with Crippen molar-refractivity contribution in [3.05, 3.63) is 10.6 Å². The van der Waals surface area contributed by atoms with Crippen LogP contribution < -0.4 is 0 Å². The number of rotatable bonds is 2. The van der Waals surface area contributed by atoms with Crippen molar-refractivity contribution >= 4 is 12.2 Å². The fourth-order valence-corrected chi connectivity index (χ4v) is 1.84. The Kier molecular flexibility index (Phi) is 2.21. The summed E-state index contributed by atoms with van der Waals surface area (Å²) in [5, 5.41) is 7.05. The van der Waals surface area contributed by atoms with Crippen LogP contribution in [-0.2, 0) is 4.74 Å². The molecule has 0 spiro atoms. The van der Waals surface area contributed by atoms with E-state index in [4.69, 9.17) is 17.0 Å². The lowest BCUT2D eigenvalue weighted by Gasteiger charge is -2.26. The maximum atomic E-state index is 5.14. The van der Waals surface area contributed by atoms with Gasteiger partial charge >= 0.3 is 0 Å². The topological polar surface area (TPSA) is 42.8 Å². The van der Waals surface area contributed by atoms with Gasteiger partial charge in [0.2, 0.25) is 0 Å². The standard InChI is InChI=1S/C8H13N3OS/c1-5(2)11-7(6-3-12-4-6)9-10-8(11)13/h5-6H,3-4H2,1-2H3,(H,10,13). The molecule has 0 bridgehead atoms. The molecule has 1 fully saturated rings. The zero-order valence-electron chi connectivity index (χ0n) is 7.78. The lowest BCUT2D eigenvalue weighted by molar-refractivity contribution is 0.00295. The molecule has 2 rings (SSSR count). The molecule has 0 atom stereocenters. The van der Waals surface area contributed by atoms with E-state index in [0.717, 1.165) is 19.0 Å². The SMILES string of the molecule is CC(C)n1c(C2COC2)n[nH]c1=S. The van der Waals surface area contributed by atoms with Crippen LogP contribution in [0.25, 0.3) is 0 Å². The van der Waals surface area contributed by atoms with Crippen molar-refractivity contribution in [1.29, 1.82) is 0 Å². The molecule has 1 aromatic heterocycles. The number of nitrogens with zero attached hydrogens (tertiary/aromatic N) is 2. The van der Waals surface area contributed by atoms with E-state index in [9.17, 15) is 0 Å². The summed E-state index contributed by atoms with van der Waals surface area (Å²) in [7, 11) is 0. The minimum atomic E-state index is 0.363. The maximum Gasteiger partial charge on any atom is 0.195 e. The van der Waals surface area contributed by atoms with Gasteiger partial charge in [0.15, 0.2) is 4.77 Å². The second-order valence-corrected chi connectivity index (χ2v) is 3.97. The van der Waals surface area contributed by atoms with Crippen LogP contribution in [-0.4, -0.2) is 28.0 Å². The Balaban J connectivity index is 2.39. The Hall–Kier alpha value is -0.680. The number of nitrogens with one attached hydrogen (secondary N) is 1. The fraction of sp³-hybridized carbons (Fsp3) is 0.750. The van der Waals surface area contributed by atoms with Crippen LogP contribution in [0.3, 0.4) is 0 Å². The van der Waals surface area contributed by atoms with Gasteiger partial charge in [-0.15, -0.1) is 0 Å². The normalized spacial score (nSPS) is 17.8. The lowest BCUT2D eigenvalue weighted by atomic mass is 10.1. The van der Waals surface area contributed by atoms with Gasteiger partial charge in [0.25, 0.3) is 0 Å². The number of hydrogen-bond acceptors (Lipinski definition) is 3. The summed E-state index contributed by atoms with van der Waals surface area (Å²) in [4.78, 5) is 0. The third-order valence-electron chi connectivity index (χ3n) is 2.25. The third kappa shape index (κ3) is 1.42. The summed E-state index contributed by atoms with van der Waals surface area (Å²) in [5.41, 5.74) is 0. The Morgan fingerprint density at radius 1 is 1.62 bits per heavy atom. The Bertz CT molecular complexity index is 351. The van der Waals surface area contributed by atoms with Crippen LogP contribution in [0, 0.1) is 4.77 Å². The van der Waals surface area contributed by atoms with Crippen molar-refractivity contribution in [2.45, 2.75) is 25.8 Å². The predicted molar refractivity (Wildman–Crippen MR) is 51.4 cm³/mol. The van der Waals surface area contributed by atoms with E-state index in [-0.39, 0.29) is 0 Å². The fourth-order valence-electron chi connectivity index (χ4n) is 1.49. The van der Waals surface area contributed by atoms with Gasteiger partial charge in [0, 0.05) is 6.04 Å². The Morgan fingerprint density at radius 2 is 2.31 bits per heavy atom. The molecule has 13 heavy (non-hydrogen) atoms. The van der Waals surface area contributed by atoms with Gasteiger partial charge in [-0.25, -0.2) is 0 Å². The minimum absolute atomic E-state index is 0.363. The van der Waals surface area contributed by atoms with E-state index < -0.39 is 0 Å². The minimum Gasteiger partial charge on any atom is -0.380 e. The first-order valence-electron chi connectivity index (χ1n) is 4.44. The van der Waals surface area contributed by atoms with E-state index in [1.165, 1.54) is 0 Å². The number of aromatic amines is 1. The van der Waals surface area contributed by atoms with Crippen molar-refractivity contribution in [2.75, 3.05) is 13.2 Å². The molecule has 0 saturated carbocycles. The average Bonchev–Trinajstić information content (AvgIpc) is 2.28. The maximum absolute atomic E-state index is 5.14. The number of H-pyrrole nitrogens is 1. The van der Waals surface area contributed by atoms with Gasteiger partial charge in [-0.2, -0.15) is 5.10 Å². The first-order chi connectivity index (χ1) is 6.20. The van der Waals surface area contributed by atoms with E-state index >= 15 is 0 Å². The molecule has 0 radical (unpaired) electrons. The lowest BCUT2D eigenvalue weighted by Crippen LogP contribution is -2.28. The largest absolute Gasteiger partial charge is 0.380 e. The van der Waals surface area contributed by atoms with Crippen LogP contribution in [0.5, 0.6) is 0 Å². The van der Waals surface area contributed by atoms with E-state index in [1.54, 1.807) is 0 Å². The van der Waals surface area contributed by atoms with Gasteiger partial charge in [-0.1, -0.05) is 0 Å². The highest BCUT2D eigenvalue weighted by molar-refractivity contribution is 7.71. The van der Waals surface area contributed by atoms with E-state index in [2.05, 4.69) is 28.6 Å². The van der Waals surface area contributed by atoms with Gasteiger partial charge in [0.1, 0.15) is 5.82 Å². The highest BCUT2D eigenvalue weighted by Gasteiger charge is 2.26. The zero-order valence-corrected chi connectivity index (χ0v) is 8.60. The monoisotopic (exact) mass is 199 g/mol. The zero-order chi connectivity index (χ0) is 9.42. The molecule has 5 heteroatoms. The van der Waals surface area contributed by atoms with Gasteiger partial charge in [-0.05, 0) is 26.1 Å². The second-order valence-electron chi connectivity index (χ2n) is 3.59. The predicted octanol–water partition coefficient (Wildman–Crippen LogP) is 1.64. The second kappa shape index (κ2) is 3.23. The molecule has 1 N–H and O–H groups in total. The summed E-state index contributed by atoms with van der Waals surface area (Å²) < 4.78 is 7.90. The van der Waals surface area contributed by atoms with Crippen LogP contribution in [0.4, 0.5) is 0 Å². The summed E-state index contributed by atoms with van der Waals surface area (Å²) >= 11 is 5.14. The van der Waals surface area contributed by atoms with Crippen LogP contribution in [0.1, 0.15) is 31.6 Å². The first kappa shape index (κ1) is 8.90. The third-order valence-corrected chi connectivity index (χ3v) is 2.54. The molecular formula is C8H13N3OS. The number of ether oxygens (including phenoxy) is 1. The van der Waals surface area contributed by atoms with Gasteiger partial charge in [0.05, 0.1) is 19.1 Å². The van der Waals surface area contributed by atoms with Crippen LogP contribution >= 0.6 is 12.2 Å². The van der Waals surface area contributed by atoms with Crippen molar-refractivity contribution in [3.8, 4) is 0 Å². The van der Waals surface area contributed by atoms with Crippen molar-refractivity contribution in [3.63, 3.8) is 0 Å². The summed E-state index contributed by atoms with van der Waals surface area (Å²) in [6.45, 7) is 5.75. The Morgan fingerprint density at radius 3 is 2.77 bits per heavy atom. The van der Waals surface area contributed by atoms with E-state index in [0.29, 0.717) is 16.7 Å². The molecule has 0 amide bonds. The molecular weight excluding hydrogens is 186 g/mol. The molecule has 1 aliphatic rings. The first-order valence-corrected chi connectivity index (χ1v) is 4.85. The molecule has 0 unspecified atom stereocenters. The molecule has 2 heterocycles. The number of hydrogen-bond donors (Lipinski definition) is 1. The molecule has 0 aromatic carbocycles. The average molecular weight is 199 g/mol. The summed E-state index contributed by atoms with van der Waals surface area (Å²) in [5.74, 6) is 1.46. The smallest absolute Gasteiger partial charge is 0.195 e. The highest BCUT2D eigenvalue weighted by Crippen LogP contribution is 2.24. The molecule has 1 aromatic rings. The van der Waals surface area contributed by atoms with Crippen LogP contribution in [0.15, 0.2) is 0 Å². The Labute approximate surface area is 81.9 Å². The molecule has 1 saturated heterocycles.